The maximum absolute atomic E-state index is 12.7. The third-order valence-electron chi connectivity index (χ3n) is 6.30. The number of nitrogens with zero attached hydrogens (tertiary/aromatic N) is 1. The molecule has 3 aromatic rings. The molecule has 39 heavy (non-hydrogen) atoms. The van der Waals surface area contributed by atoms with Crippen molar-refractivity contribution in [2.45, 2.75) is 71.6 Å². The van der Waals surface area contributed by atoms with Crippen LogP contribution >= 0.6 is 0 Å². The molecular formula is C32H37NO6. The van der Waals surface area contributed by atoms with Gasteiger partial charge < -0.3 is 15.3 Å². The SMILES string of the molecule is CC(O)C(=O)c1cccc(CN(Cc2cccc(C(=O)C(C)(C)O)c2)Cc2cccc(C(=O)C(C)(C)O)c2)c1. The van der Waals surface area contributed by atoms with E-state index in [9.17, 15) is 29.7 Å². The van der Waals surface area contributed by atoms with E-state index in [1.165, 1.54) is 34.6 Å². The van der Waals surface area contributed by atoms with Gasteiger partial charge in [0.1, 0.15) is 17.3 Å². The molecule has 0 amide bonds. The van der Waals surface area contributed by atoms with Gasteiger partial charge in [-0.1, -0.05) is 54.6 Å². The first kappa shape index (κ1) is 30.1. The minimum Gasteiger partial charge on any atom is -0.385 e. The van der Waals surface area contributed by atoms with Gasteiger partial charge >= 0.3 is 0 Å². The Morgan fingerprint density at radius 3 is 1.33 bits per heavy atom. The lowest BCUT2D eigenvalue weighted by Crippen LogP contribution is -2.31. The molecule has 0 saturated heterocycles. The number of aliphatic hydroxyl groups excluding tert-OH is 1. The van der Waals surface area contributed by atoms with Crippen LogP contribution in [-0.4, -0.2) is 54.9 Å². The third kappa shape index (κ3) is 8.25. The zero-order valence-electron chi connectivity index (χ0n) is 23.1. The second kappa shape index (κ2) is 12.1. The Bertz CT molecular complexity index is 1280. The summed E-state index contributed by atoms with van der Waals surface area (Å²) in [5.41, 5.74) is 0.789. The predicted molar refractivity (Wildman–Crippen MR) is 150 cm³/mol. The maximum atomic E-state index is 12.7. The molecule has 7 nitrogen and oxygen atoms in total. The molecule has 0 spiro atoms. The topological polar surface area (TPSA) is 115 Å². The van der Waals surface area contributed by atoms with E-state index in [0.29, 0.717) is 36.3 Å². The smallest absolute Gasteiger partial charge is 0.193 e. The minimum atomic E-state index is -1.50. The van der Waals surface area contributed by atoms with Gasteiger partial charge in [0.2, 0.25) is 0 Å². The van der Waals surface area contributed by atoms with Crippen molar-refractivity contribution in [3.63, 3.8) is 0 Å². The third-order valence-corrected chi connectivity index (χ3v) is 6.30. The van der Waals surface area contributed by atoms with E-state index in [1.807, 2.05) is 18.2 Å². The van der Waals surface area contributed by atoms with Crippen LogP contribution in [0.2, 0.25) is 0 Å². The van der Waals surface area contributed by atoms with Gasteiger partial charge in [-0.3, -0.25) is 19.3 Å². The number of carbonyl (C=O) groups is 3. The summed E-state index contributed by atoms with van der Waals surface area (Å²) in [5.74, 6) is -1.12. The van der Waals surface area contributed by atoms with Crippen molar-refractivity contribution in [3.8, 4) is 0 Å². The Balaban J connectivity index is 1.95. The highest BCUT2D eigenvalue weighted by molar-refractivity contribution is 6.02. The van der Waals surface area contributed by atoms with Crippen LogP contribution in [0.25, 0.3) is 0 Å². The first-order chi connectivity index (χ1) is 18.1. The summed E-state index contributed by atoms with van der Waals surface area (Å²) in [6.07, 6.45) is -1.11. The molecule has 0 aliphatic carbocycles. The Kier molecular flexibility index (Phi) is 9.35. The first-order valence-electron chi connectivity index (χ1n) is 12.9. The molecule has 7 heteroatoms. The van der Waals surface area contributed by atoms with Crippen LogP contribution in [0.1, 0.15) is 82.4 Å². The average molecular weight is 532 g/mol. The molecule has 1 unspecified atom stereocenters. The summed E-state index contributed by atoms with van der Waals surface area (Å²) in [6.45, 7) is 8.57. The molecule has 0 aromatic heterocycles. The van der Waals surface area contributed by atoms with Crippen LogP contribution < -0.4 is 0 Å². The Hall–Kier alpha value is -3.49. The van der Waals surface area contributed by atoms with Crippen molar-refractivity contribution < 1.29 is 29.7 Å². The van der Waals surface area contributed by atoms with Crippen LogP contribution in [-0.2, 0) is 19.6 Å². The van der Waals surface area contributed by atoms with Crippen molar-refractivity contribution in [2.75, 3.05) is 0 Å². The van der Waals surface area contributed by atoms with Crippen LogP contribution in [0.3, 0.4) is 0 Å². The number of hydrogen-bond donors (Lipinski definition) is 3. The molecule has 0 saturated carbocycles. The molecule has 0 aliphatic heterocycles. The molecule has 0 radical (unpaired) electrons. The lowest BCUT2D eigenvalue weighted by molar-refractivity contribution is 0.0487. The Labute approximate surface area is 229 Å². The summed E-state index contributed by atoms with van der Waals surface area (Å²) in [7, 11) is 0. The molecule has 0 aliphatic rings. The quantitative estimate of drug-likeness (QED) is 0.298. The van der Waals surface area contributed by atoms with E-state index in [-0.39, 0.29) is 17.3 Å². The molecule has 3 N–H and O–H groups in total. The van der Waals surface area contributed by atoms with Gasteiger partial charge in [0.05, 0.1) is 0 Å². The van der Waals surface area contributed by atoms with Crippen LogP contribution in [0.5, 0.6) is 0 Å². The van der Waals surface area contributed by atoms with E-state index in [2.05, 4.69) is 4.90 Å². The average Bonchev–Trinajstić information content (AvgIpc) is 2.86. The fourth-order valence-electron chi connectivity index (χ4n) is 4.33. The summed E-state index contributed by atoms with van der Waals surface area (Å²) >= 11 is 0. The van der Waals surface area contributed by atoms with Crippen LogP contribution in [0.15, 0.2) is 72.8 Å². The van der Waals surface area contributed by atoms with Crippen LogP contribution in [0.4, 0.5) is 0 Å². The van der Waals surface area contributed by atoms with Gasteiger partial charge in [0, 0.05) is 36.3 Å². The van der Waals surface area contributed by atoms with Gasteiger partial charge in [0.15, 0.2) is 17.3 Å². The lowest BCUT2D eigenvalue weighted by atomic mass is 9.95. The van der Waals surface area contributed by atoms with Gasteiger partial charge in [-0.05, 0) is 69.5 Å². The molecule has 0 heterocycles. The highest BCUT2D eigenvalue weighted by atomic mass is 16.3. The molecule has 3 rings (SSSR count). The number of hydrogen-bond acceptors (Lipinski definition) is 7. The lowest BCUT2D eigenvalue weighted by Gasteiger charge is -2.24. The van der Waals surface area contributed by atoms with E-state index in [4.69, 9.17) is 0 Å². The first-order valence-corrected chi connectivity index (χ1v) is 12.9. The molecule has 206 valence electrons. The number of Topliss-reactive ketones (excluding diaryl/α,β-unsaturated/α-hetero) is 3. The standard InChI is InChI=1S/C32H37NO6/c1-21(34)28(35)25-12-6-9-22(15-25)18-33(19-23-10-7-13-26(16-23)29(36)31(2,3)38)20-24-11-8-14-27(17-24)30(37)32(4,5)39/h6-17,21,34,38-39H,18-20H2,1-5H3. The summed E-state index contributed by atoms with van der Waals surface area (Å²) < 4.78 is 0. The molecule has 0 fully saturated rings. The Morgan fingerprint density at radius 2 is 1.00 bits per heavy atom. The van der Waals surface area contributed by atoms with Gasteiger partial charge in [-0.15, -0.1) is 0 Å². The summed E-state index contributed by atoms with van der Waals surface area (Å²) in [4.78, 5) is 39.8. The minimum absolute atomic E-state index is 0.362. The van der Waals surface area contributed by atoms with E-state index < -0.39 is 17.3 Å². The van der Waals surface area contributed by atoms with E-state index in [1.54, 1.807) is 54.6 Å². The van der Waals surface area contributed by atoms with E-state index in [0.717, 1.165) is 16.7 Å². The second-order valence-corrected chi connectivity index (χ2v) is 11.1. The van der Waals surface area contributed by atoms with E-state index >= 15 is 0 Å². The highest BCUT2D eigenvalue weighted by Crippen LogP contribution is 2.21. The van der Waals surface area contributed by atoms with Crippen molar-refractivity contribution in [1.82, 2.24) is 4.90 Å². The van der Waals surface area contributed by atoms with Crippen LogP contribution in [0, 0.1) is 0 Å². The number of carbonyl (C=O) groups excluding carboxylic acids is 3. The van der Waals surface area contributed by atoms with Crippen molar-refractivity contribution in [2.24, 2.45) is 0 Å². The summed E-state index contributed by atoms with van der Waals surface area (Å²) in [6, 6.07) is 21.3. The number of ketones is 3. The second-order valence-electron chi connectivity index (χ2n) is 11.1. The molecule has 1 atom stereocenters. The highest BCUT2D eigenvalue weighted by Gasteiger charge is 2.26. The zero-order valence-corrected chi connectivity index (χ0v) is 23.1. The van der Waals surface area contributed by atoms with Crippen molar-refractivity contribution >= 4 is 17.3 Å². The number of rotatable bonds is 12. The number of aliphatic hydroxyl groups is 3. The summed E-state index contributed by atoms with van der Waals surface area (Å²) in [5, 5.41) is 30.1. The fraction of sp³-hybridized carbons (Fsp3) is 0.344. The zero-order chi connectivity index (χ0) is 29.0. The van der Waals surface area contributed by atoms with Gasteiger partial charge in [-0.2, -0.15) is 0 Å². The van der Waals surface area contributed by atoms with Gasteiger partial charge in [0.25, 0.3) is 0 Å². The van der Waals surface area contributed by atoms with Crippen molar-refractivity contribution in [1.29, 1.82) is 0 Å². The van der Waals surface area contributed by atoms with Gasteiger partial charge in [-0.25, -0.2) is 0 Å². The normalized spacial score (nSPS) is 12.8. The number of benzene rings is 3. The molecule has 0 bridgehead atoms. The Morgan fingerprint density at radius 1 is 0.667 bits per heavy atom. The molecule has 3 aromatic carbocycles. The monoisotopic (exact) mass is 531 g/mol. The largest absolute Gasteiger partial charge is 0.385 e. The fourth-order valence-corrected chi connectivity index (χ4v) is 4.33. The maximum Gasteiger partial charge on any atom is 0.193 e. The van der Waals surface area contributed by atoms with Crippen molar-refractivity contribution in [3.05, 3.63) is 106 Å². The molecular weight excluding hydrogens is 494 g/mol. The predicted octanol–water partition coefficient (Wildman–Crippen LogP) is 4.36.